The Balaban J connectivity index is 0.595. The number of nitrogens with one attached hydrogen (secondary N) is 1. The van der Waals surface area contributed by atoms with Crippen molar-refractivity contribution >= 4 is 57.0 Å². The number of piperazine rings is 1. The van der Waals surface area contributed by atoms with Gasteiger partial charge in [0.2, 0.25) is 23.6 Å². The van der Waals surface area contributed by atoms with Crippen LogP contribution in [0, 0.1) is 11.3 Å². The third kappa shape index (κ3) is 6.61. The molecule has 6 aliphatic rings. The van der Waals surface area contributed by atoms with Crippen molar-refractivity contribution in [1.82, 2.24) is 39.5 Å². The lowest BCUT2D eigenvalue weighted by atomic mass is 9.61. The van der Waals surface area contributed by atoms with Gasteiger partial charge >= 0.3 is 0 Å². The molecule has 2 aromatic carbocycles. The highest BCUT2D eigenvalue weighted by atomic mass is 16.5. The number of pyridine rings is 2. The Morgan fingerprint density at radius 1 is 0.836 bits per heavy atom. The van der Waals surface area contributed by atoms with Crippen molar-refractivity contribution in [2.24, 2.45) is 18.4 Å². The quantitative estimate of drug-likeness (QED) is 0.218. The fourth-order valence-corrected chi connectivity index (χ4v) is 10.6. The maximum absolute atomic E-state index is 13.3. The van der Waals surface area contributed by atoms with Crippen LogP contribution in [0.5, 0.6) is 5.88 Å². The minimum atomic E-state index is -0.969. The van der Waals surface area contributed by atoms with Gasteiger partial charge in [-0.3, -0.25) is 44.1 Å². The molecule has 3 aromatic heterocycles. The summed E-state index contributed by atoms with van der Waals surface area (Å²) in [5, 5.41) is 4.58. The molecule has 5 aliphatic heterocycles. The van der Waals surface area contributed by atoms with Crippen molar-refractivity contribution in [1.29, 1.82) is 0 Å². The number of hydrogen-bond donors (Lipinski definition) is 1. The number of nitrogens with zero attached hydrogens (tertiary/aromatic N) is 8. The molecule has 1 unspecified atom stereocenters. The molecule has 1 atom stereocenters. The maximum atomic E-state index is 13.3. The van der Waals surface area contributed by atoms with E-state index in [4.69, 9.17) is 4.74 Å². The summed E-state index contributed by atoms with van der Waals surface area (Å²) in [6, 6.07) is 16.9. The zero-order valence-electron chi connectivity index (χ0n) is 34.1. The lowest BCUT2D eigenvalue weighted by Gasteiger charge is -2.58. The number of rotatable bonds is 9. The monoisotopic (exact) mass is 821 g/mol. The second-order valence-electron chi connectivity index (χ2n) is 18.0. The van der Waals surface area contributed by atoms with Crippen molar-refractivity contribution in [3.05, 3.63) is 84.3 Å². The van der Waals surface area contributed by atoms with Crippen LogP contribution in [0.15, 0.2) is 73.2 Å². The smallest absolute Gasteiger partial charge is 0.262 e. The highest BCUT2D eigenvalue weighted by molar-refractivity contribution is 6.23. The summed E-state index contributed by atoms with van der Waals surface area (Å²) in [4.78, 5) is 82.5. The molecule has 5 amide bonds. The SMILES string of the molecule is Cn1c2ccncc2c2ccc(-c3ccc(OC4CC5(C4)CN(C(=O)CN4CCN(CC6CN(c7ccc8c(c7)C(=O)N(C7CCC(=O)NC7=O)C8=O)C6)CC4)C5)nc3)cc21. The predicted molar refractivity (Wildman–Crippen MR) is 226 cm³/mol. The van der Waals surface area contributed by atoms with E-state index in [1.54, 1.807) is 12.1 Å². The summed E-state index contributed by atoms with van der Waals surface area (Å²) < 4.78 is 8.47. The lowest BCUT2D eigenvalue weighted by molar-refractivity contribution is -0.161. The number of benzene rings is 2. The molecule has 0 bridgehead atoms. The third-order valence-corrected chi connectivity index (χ3v) is 14.0. The number of likely N-dealkylation sites (tertiary alicyclic amines) is 1. The molecule has 15 heteroatoms. The van der Waals surface area contributed by atoms with E-state index in [-0.39, 0.29) is 30.3 Å². The number of amides is 5. The van der Waals surface area contributed by atoms with Crippen LogP contribution in [0.3, 0.4) is 0 Å². The Bertz CT molecular complexity index is 2630. The summed E-state index contributed by atoms with van der Waals surface area (Å²) in [7, 11) is 2.09. The molecule has 0 radical (unpaired) electrons. The molecule has 1 saturated carbocycles. The standard InChI is InChI=1S/C46H47N9O6/c1-50-37-10-11-47-21-36(37)33-5-2-29(16-39(33)50)30-3-9-41(48-20-30)61-32-18-46(19-32)26-54(27-46)42(57)25-52-14-12-51(13-15-52)22-28-23-53(24-28)31-4-6-34-35(17-31)45(60)55(44(34)59)38-7-8-40(56)49-43(38)58/h2-6,9-11,16-17,20-21,28,32,38H,7-8,12-15,18-19,22-27H2,1H3,(H,49,56,58). The minimum absolute atomic E-state index is 0.0938. The van der Waals surface area contributed by atoms with Gasteiger partial charge in [-0.25, -0.2) is 4.98 Å². The number of hydrogen-bond acceptors (Lipinski definition) is 11. The summed E-state index contributed by atoms with van der Waals surface area (Å²) in [5.74, 6) is -0.638. The van der Waals surface area contributed by atoms with Gasteiger partial charge in [0.1, 0.15) is 12.1 Å². The van der Waals surface area contributed by atoms with Crippen molar-refractivity contribution in [2.75, 3.05) is 70.3 Å². The van der Waals surface area contributed by atoms with Crippen LogP contribution < -0.4 is 15.0 Å². The van der Waals surface area contributed by atoms with Crippen LogP contribution >= 0.6 is 0 Å². The van der Waals surface area contributed by atoms with Gasteiger partial charge in [-0.05, 0) is 61.2 Å². The van der Waals surface area contributed by atoms with E-state index in [1.165, 1.54) is 5.39 Å². The minimum Gasteiger partial charge on any atom is -0.474 e. The van der Waals surface area contributed by atoms with E-state index in [9.17, 15) is 24.0 Å². The fourth-order valence-electron chi connectivity index (χ4n) is 10.6. The van der Waals surface area contributed by atoms with E-state index in [1.807, 2.05) is 41.7 Å². The average Bonchev–Trinajstić information content (AvgIpc) is 3.64. The van der Waals surface area contributed by atoms with Gasteiger partial charge in [0.15, 0.2) is 0 Å². The predicted octanol–water partition coefficient (Wildman–Crippen LogP) is 3.31. The molecule has 11 rings (SSSR count). The van der Waals surface area contributed by atoms with Crippen LogP contribution in [0.4, 0.5) is 5.69 Å². The Morgan fingerprint density at radius 2 is 1.61 bits per heavy atom. The van der Waals surface area contributed by atoms with Crippen LogP contribution in [-0.2, 0) is 21.4 Å². The number of ether oxygens (including phenoxy) is 1. The zero-order chi connectivity index (χ0) is 41.6. The number of anilines is 1. The number of carbonyl (C=O) groups is 5. The molecule has 61 heavy (non-hydrogen) atoms. The molecule has 5 aromatic rings. The van der Waals surface area contributed by atoms with E-state index in [0.717, 1.165) is 110 Å². The number of carbonyl (C=O) groups excluding carboxylic acids is 5. The summed E-state index contributed by atoms with van der Waals surface area (Å²) in [6.45, 7) is 8.31. The van der Waals surface area contributed by atoms with Crippen LogP contribution in [-0.4, -0.2) is 141 Å². The maximum Gasteiger partial charge on any atom is 0.262 e. The molecular weight excluding hydrogens is 775 g/mol. The highest BCUT2D eigenvalue weighted by Crippen LogP contribution is 2.49. The largest absolute Gasteiger partial charge is 0.474 e. The van der Waals surface area contributed by atoms with Gasteiger partial charge in [-0.2, -0.15) is 0 Å². The number of imide groups is 2. The fraction of sp³-hybridized carbons (Fsp3) is 0.413. The molecule has 1 N–H and O–H groups in total. The van der Waals surface area contributed by atoms with Crippen LogP contribution in [0.2, 0.25) is 0 Å². The van der Waals surface area contributed by atoms with Crippen molar-refractivity contribution in [2.45, 2.75) is 37.8 Å². The topological polar surface area (TPSA) is 154 Å². The first-order chi connectivity index (χ1) is 29.6. The zero-order valence-corrected chi connectivity index (χ0v) is 34.1. The molecule has 4 saturated heterocycles. The summed E-state index contributed by atoms with van der Waals surface area (Å²) in [5.41, 5.74) is 6.12. The Kier molecular flexibility index (Phi) is 8.97. The summed E-state index contributed by atoms with van der Waals surface area (Å²) in [6.07, 6.45) is 7.87. The lowest BCUT2D eigenvalue weighted by Crippen LogP contribution is -2.67. The van der Waals surface area contributed by atoms with Gasteiger partial charge in [-0.1, -0.05) is 12.1 Å². The van der Waals surface area contributed by atoms with Crippen molar-refractivity contribution in [3.63, 3.8) is 0 Å². The van der Waals surface area contributed by atoms with E-state index < -0.39 is 29.7 Å². The van der Waals surface area contributed by atoms with Crippen LogP contribution in [0.1, 0.15) is 46.4 Å². The molecule has 312 valence electrons. The second-order valence-corrected chi connectivity index (χ2v) is 18.0. The Morgan fingerprint density at radius 3 is 2.38 bits per heavy atom. The molecule has 15 nitrogen and oxygen atoms in total. The van der Waals surface area contributed by atoms with Gasteiger partial charge in [0.25, 0.3) is 11.8 Å². The van der Waals surface area contributed by atoms with Gasteiger partial charge in [0, 0.05) is 136 Å². The summed E-state index contributed by atoms with van der Waals surface area (Å²) >= 11 is 0. The highest BCUT2D eigenvalue weighted by Gasteiger charge is 2.55. The van der Waals surface area contributed by atoms with Crippen molar-refractivity contribution in [3.8, 4) is 17.0 Å². The van der Waals surface area contributed by atoms with E-state index in [2.05, 4.69) is 65.9 Å². The first-order valence-electron chi connectivity index (χ1n) is 21.4. The molecule has 1 spiro atoms. The molecule has 1 aliphatic carbocycles. The normalized spacial score (nSPS) is 22.1. The van der Waals surface area contributed by atoms with Gasteiger partial charge < -0.3 is 24.0 Å². The first kappa shape index (κ1) is 37.8. The number of aryl methyl sites for hydroxylation is 1. The molecule has 8 heterocycles. The molecular formula is C46H47N9O6. The Labute approximate surface area is 352 Å². The third-order valence-electron chi connectivity index (χ3n) is 14.0. The number of piperidine rings is 1. The average molecular weight is 822 g/mol. The Hall–Kier alpha value is -6.19. The van der Waals surface area contributed by atoms with Crippen molar-refractivity contribution < 1.29 is 28.7 Å². The van der Waals surface area contributed by atoms with E-state index >= 15 is 0 Å². The number of fused-ring (bicyclic) bond motifs is 4. The second kappa shape index (κ2) is 14.5. The number of aromatic nitrogens is 3. The van der Waals surface area contributed by atoms with Crippen LogP contribution in [0.25, 0.3) is 32.9 Å². The van der Waals surface area contributed by atoms with Gasteiger partial charge in [-0.15, -0.1) is 0 Å². The van der Waals surface area contributed by atoms with Gasteiger partial charge in [0.05, 0.1) is 23.2 Å². The first-order valence-corrected chi connectivity index (χ1v) is 21.4. The van der Waals surface area contributed by atoms with E-state index in [0.29, 0.717) is 29.5 Å². The molecule has 5 fully saturated rings.